The first-order valence-corrected chi connectivity index (χ1v) is 7.58. The topological polar surface area (TPSA) is 21.3 Å². The molecule has 1 aromatic rings. The van der Waals surface area contributed by atoms with Gasteiger partial charge in [0.1, 0.15) is 12.4 Å². The maximum atomic E-state index is 5.89. The zero-order valence-corrected chi connectivity index (χ0v) is 14.2. The van der Waals surface area contributed by atoms with Crippen molar-refractivity contribution in [2.24, 2.45) is 0 Å². The minimum Gasteiger partial charge on any atom is -0.489 e. The van der Waals surface area contributed by atoms with Crippen LogP contribution < -0.4 is 10.1 Å². The van der Waals surface area contributed by atoms with Crippen molar-refractivity contribution in [1.82, 2.24) is 5.32 Å². The molecule has 1 rings (SSSR count). The minimum atomic E-state index is 0.441. The second-order valence-electron chi connectivity index (χ2n) is 4.99. The van der Waals surface area contributed by atoms with E-state index in [9.17, 15) is 0 Å². The van der Waals surface area contributed by atoms with Crippen molar-refractivity contribution < 1.29 is 4.74 Å². The lowest BCUT2D eigenvalue weighted by Crippen LogP contribution is -2.22. The van der Waals surface area contributed by atoms with Crippen LogP contribution in [0.4, 0.5) is 0 Å². The highest BCUT2D eigenvalue weighted by atomic mass is 79.9. The summed E-state index contributed by atoms with van der Waals surface area (Å²) in [6, 6.07) is 4.60. The molecule has 0 aromatic heterocycles. The Balaban J connectivity index is 2.92. The summed E-state index contributed by atoms with van der Waals surface area (Å²) in [7, 11) is 0. The summed E-state index contributed by atoms with van der Waals surface area (Å²) in [5, 5.41) is 3.42. The van der Waals surface area contributed by atoms with E-state index >= 15 is 0 Å². The quantitative estimate of drug-likeness (QED) is 0.800. The van der Waals surface area contributed by atoms with E-state index in [1.54, 1.807) is 5.54 Å². The number of halogens is 2. The Labute approximate surface area is 129 Å². The largest absolute Gasteiger partial charge is 0.489 e. The molecular weight excluding hydrogens is 326 g/mol. The molecule has 0 spiro atoms. The lowest BCUT2D eigenvalue weighted by molar-refractivity contribution is 0.344. The van der Waals surface area contributed by atoms with Crippen LogP contribution in [0.3, 0.4) is 0 Å². The zero-order valence-electron chi connectivity index (χ0n) is 11.9. The van der Waals surface area contributed by atoms with E-state index in [4.69, 9.17) is 16.3 Å². The molecule has 0 fully saturated rings. The third kappa shape index (κ3) is 5.55. The highest BCUT2D eigenvalue weighted by Gasteiger charge is 2.10. The number of ether oxygens (including phenoxy) is 1. The monoisotopic (exact) mass is 345 g/mol. The second kappa shape index (κ2) is 7.93. The van der Waals surface area contributed by atoms with Gasteiger partial charge in [0.15, 0.2) is 0 Å². The molecular formula is C15H21BrClNO. The Morgan fingerprint density at radius 3 is 2.74 bits per heavy atom. The fourth-order valence-corrected chi connectivity index (χ4v) is 2.35. The summed E-state index contributed by atoms with van der Waals surface area (Å²) in [5.74, 6) is 0.939. The van der Waals surface area contributed by atoms with Crippen molar-refractivity contribution >= 4 is 27.5 Å². The predicted molar refractivity (Wildman–Crippen MR) is 86.0 cm³/mol. The minimum absolute atomic E-state index is 0.441. The molecule has 0 saturated carbocycles. The van der Waals surface area contributed by atoms with E-state index in [0.29, 0.717) is 12.6 Å². The van der Waals surface area contributed by atoms with Gasteiger partial charge in [-0.1, -0.05) is 41.4 Å². The smallest absolute Gasteiger partial charge is 0.127 e. The van der Waals surface area contributed by atoms with E-state index in [1.165, 1.54) is 0 Å². The molecule has 1 N–H and O–H groups in total. The highest BCUT2D eigenvalue weighted by molar-refractivity contribution is 9.10. The van der Waals surface area contributed by atoms with Gasteiger partial charge in [-0.3, -0.25) is 0 Å². The Morgan fingerprint density at radius 2 is 2.16 bits per heavy atom. The molecule has 1 aromatic carbocycles. The zero-order chi connectivity index (χ0) is 14.4. The van der Waals surface area contributed by atoms with Crippen molar-refractivity contribution in [3.05, 3.63) is 38.8 Å². The third-order valence-corrected chi connectivity index (χ3v) is 3.48. The Kier molecular flexibility index (Phi) is 6.90. The Bertz CT molecular complexity index is 458. The summed E-state index contributed by atoms with van der Waals surface area (Å²) in [5.41, 5.74) is 4.84. The van der Waals surface area contributed by atoms with E-state index in [0.717, 1.165) is 33.5 Å². The van der Waals surface area contributed by atoms with Gasteiger partial charge in [0.05, 0.1) is 0 Å². The molecule has 0 heterocycles. The molecule has 0 aliphatic carbocycles. The predicted octanol–water partition coefficient (Wildman–Crippen LogP) is 4.78. The number of aryl methyl sites for hydroxylation is 1. The average Bonchev–Trinajstić information content (AvgIpc) is 2.34. The van der Waals surface area contributed by atoms with Crippen LogP contribution in [0.5, 0.6) is 5.75 Å². The summed E-state index contributed by atoms with van der Waals surface area (Å²) in [6.45, 7) is 9.57. The molecule has 0 amide bonds. The normalized spacial score (nSPS) is 12.1. The van der Waals surface area contributed by atoms with E-state index < -0.39 is 0 Å². The molecule has 0 radical (unpaired) electrons. The number of benzene rings is 1. The van der Waals surface area contributed by atoms with Crippen LogP contribution in [0.25, 0.3) is 0 Å². The van der Waals surface area contributed by atoms with Crippen LogP contribution in [0, 0.1) is 6.92 Å². The van der Waals surface area contributed by atoms with Crippen molar-refractivity contribution in [3.63, 3.8) is 0 Å². The number of rotatable bonds is 6. The van der Waals surface area contributed by atoms with E-state index in [-0.39, 0.29) is 0 Å². The molecule has 0 aliphatic heterocycles. The van der Waals surface area contributed by atoms with Gasteiger partial charge in [0.25, 0.3) is 0 Å². The van der Waals surface area contributed by atoms with Gasteiger partial charge in [-0.2, -0.15) is 0 Å². The molecule has 4 heteroatoms. The molecule has 0 unspecified atom stereocenters. The molecule has 0 atom stereocenters. The van der Waals surface area contributed by atoms with Gasteiger partial charge in [-0.15, -0.1) is 0 Å². The van der Waals surface area contributed by atoms with Crippen molar-refractivity contribution in [2.75, 3.05) is 6.61 Å². The molecule has 2 nitrogen and oxygen atoms in total. The standard InChI is InChI=1S/C15H21BrClNO/c1-10(2)18-8-13-6-14(16)5-12(4)15(13)19-9-11(3)7-17/h5-7,10,18H,8-9H2,1-4H3/b11-7+. The van der Waals surface area contributed by atoms with Gasteiger partial charge in [0.2, 0.25) is 0 Å². The maximum absolute atomic E-state index is 5.89. The van der Waals surface area contributed by atoms with Crippen molar-refractivity contribution in [3.8, 4) is 5.75 Å². The fourth-order valence-electron chi connectivity index (χ4n) is 1.67. The fraction of sp³-hybridized carbons (Fsp3) is 0.467. The molecule has 0 saturated heterocycles. The van der Waals surface area contributed by atoms with Gasteiger partial charge in [-0.05, 0) is 37.1 Å². The lowest BCUT2D eigenvalue weighted by atomic mass is 10.1. The molecule has 19 heavy (non-hydrogen) atoms. The van der Waals surface area contributed by atoms with Gasteiger partial charge in [0, 0.05) is 28.2 Å². The van der Waals surface area contributed by atoms with Crippen LogP contribution in [-0.2, 0) is 6.54 Å². The highest BCUT2D eigenvalue weighted by Crippen LogP contribution is 2.28. The summed E-state index contributed by atoms with van der Waals surface area (Å²) in [6.07, 6.45) is 0. The van der Waals surface area contributed by atoms with Gasteiger partial charge >= 0.3 is 0 Å². The molecule has 0 bridgehead atoms. The van der Waals surface area contributed by atoms with E-state index in [1.807, 2.05) is 6.92 Å². The van der Waals surface area contributed by atoms with Crippen LogP contribution in [0.1, 0.15) is 31.9 Å². The lowest BCUT2D eigenvalue weighted by Gasteiger charge is -2.16. The Hall–Kier alpha value is -0.510. The SMILES string of the molecule is C/C(=C\Cl)COc1c(C)cc(Br)cc1CNC(C)C. The average molecular weight is 347 g/mol. The summed E-state index contributed by atoms with van der Waals surface area (Å²) in [4.78, 5) is 0. The molecule has 106 valence electrons. The number of hydrogen-bond donors (Lipinski definition) is 1. The number of hydrogen-bond acceptors (Lipinski definition) is 2. The van der Waals surface area contributed by atoms with E-state index in [2.05, 4.69) is 54.2 Å². The maximum Gasteiger partial charge on any atom is 0.127 e. The Morgan fingerprint density at radius 1 is 1.47 bits per heavy atom. The van der Waals surface area contributed by atoms with Gasteiger partial charge in [-0.25, -0.2) is 0 Å². The number of nitrogens with one attached hydrogen (secondary N) is 1. The van der Waals surface area contributed by atoms with Crippen molar-refractivity contribution in [1.29, 1.82) is 0 Å². The summed E-state index contributed by atoms with van der Waals surface area (Å²) >= 11 is 9.20. The summed E-state index contributed by atoms with van der Waals surface area (Å²) < 4.78 is 6.97. The van der Waals surface area contributed by atoms with Crippen LogP contribution in [-0.4, -0.2) is 12.6 Å². The van der Waals surface area contributed by atoms with Crippen LogP contribution in [0.15, 0.2) is 27.7 Å². The second-order valence-corrected chi connectivity index (χ2v) is 6.12. The first-order chi connectivity index (χ1) is 8.93. The van der Waals surface area contributed by atoms with Crippen LogP contribution in [0.2, 0.25) is 0 Å². The first kappa shape index (κ1) is 16.5. The van der Waals surface area contributed by atoms with Gasteiger partial charge < -0.3 is 10.1 Å². The van der Waals surface area contributed by atoms with Crippen LogP contribution >= 0.6 is 27.5 Å². The third-order valence-electron chi connectivity index (χ3n) is 2.65. The molecule has 0 aliphatic rings. The first-order valence-electron chi connectivity index (χ1n) is 6.35. The van der Waals surface area contributed by atoms with Crippen molar-refractivity contribution in [2.45, 2.75) is 40.3 Å².